The van der Waals surface area contributed by atoms with Crippen LogP contribution in [0.4, 0.5) is 4.39 Å². The lowest BCUT2D eigenvalue weighted by Gasteiger charge is -2.43. The van der Waals surface area contributed by atoms with E-state index in [1.54, 1.807) is 7.05 Å². The molecule has 2 aliphatic rings. The Balaban J connectivity index is 1.40. The lowest BCUT2D eigenvalue weighted by atomic mass is 9.64. The Hall–Kier alpha value is -2.60. The third kappa shape index (κ3) is 3.83. The second-order valence-electron chi connectivity index (χ2n) is 7.44. The molecule has 5 nitrogen and oxygen atoms in total. The lowest BCUT2D eigenvalue weighted by Crippen LogP contribution is -2.48. The van der Waals surface area contributed by atoms with Gasteiger partial charge in [0.1, 0.15) is 11.6 Å². The molecule has 1 saturated carbocycles. The second-order valence-corrected chi connectivity index (χ2v) is 7.44. The van der Waals surface area contributed by atoms with Crippen LogP contribution in [0.5, 0.6) is 5.75 Å². The number of halogens is 1. The molecule has 0 aromatic heterocycles. The summed E-state index contributed by atoms with van der Waals surface area (Å²) in [5, 5.41) is 6.74. The Morgan fingerprint density at radius 1 is 1.18 bits per heavy atom. The van der Waals surface area contributed by atoms with Crippen molar-refractivity contribution >= 4 is 5.96 Å². The summed E-state index contributed by atoms with van der Waals surface area (Å²) >= 11 is 0. The van der Waals surface area contributed by atoms with Gasteiger partial charge in [0.25, 0.3) is 0 Å². The van der Waals surface area contributed by atoms with Gasteiger partial charge in [-0.15, -0.1) is 0 Å². The van der Waals surface area contributed by atoms with Gasteiger partial charge in [-0.05, 0) is 30.5 Å². The average Bonchev–Trinajstić information content (AvgIpc) is 2.70. The number of nitrogens with one attached hydrogen (secondary N) is 2. The molecule has 0 amide bonds. The second kappa shape index (κ2) is 8.19. The Labute approximate surface area is 165 Å². The summed E-state index contributed by atoms with van der Waals surface area (Å²) in [6.07, 6.45) is 3.59. The molecule has 2 aromatic carbocycles. The van der Waals surface area contributed by atoms with Crippen LogP contribution >= 0.6 is 0 Å². The van der Waals surface area contributed by atoms with E-state index in [1.165, 1.54) is 37.0 Å². The van der Waals surface area contributed by atoms with Crippen LogP contribution in [0.15, 0.2) is 47.5 Å². The largest absolute Gasteiger partial charge is 0.467 e. The number of benzene rings is 2. The minimum Gasteiger partial charge on any atom is -0.467 e. The Morgan fingerprint density at radius 2 is 2.00 bits per heavy atom. The van der Waals surface area contributed by atoms with Gasteiger partial charge in [0, 0.05) is 36.7 Å². The zero-order valence-corrected chi connectivity index (χ0v) is 16.1. The summed E-state index contributed by atoms with van der Waals surface area (Å²) in [6.45, 7) is 1.81. The van der Waals surface area contributed by atoms with Crippen LogP contribution in [0, 0.1) is 5.82 Å². The molecule has 0 radical (unpaired) electrons. The number of rotatable bonds is 5. The third-order valence-electron chi connectivity index (χ3n) is 5.71. The molecule has 2 aromatic rings. The fourth-order valence-electron chi connectivity index (χ4n) is 4.00. The van der Waals surface area contributed by atoms with E-state index < -0.39 is 0 Å². The summed E-state index contributed by atoms with van der Waals surface area (Å²) in [6, 6.07) is 13.6. The van der Waals surface area contributed by atoms with Crippen molar-refractivity contribution in [1.29, 1.82) is 0 Å². The summed E-state index contributed by atoms with van der Waals surface area (Å²) in [7, 11) is 1.75. The first-order chi connectivity index (χ1) is 13.7. The van der Waals surface area contributed by atoms with Crippen molar-refractivity contribution in [2.75, 3.05) is 20.4 Å². The van der Waals surface area contributed by atoms with E-state index in [9.17, 15) is 4.39 Å². The Morgan fingerprint density at radius 3 is 2.71 bits per heavy atom. The first-order valence-electron chi connectivity index (χ1n) is 9.72. The maximum atomic E-state index is 13.9. The van der Waals surface area contributed by atoms with Gasteiger partial charge in [-0.1, -0.05) is 36.8 Å². The van der Waals surface area contributed by atoms with Gasteiger partial charge >= 0.3 is 0 Å². The molecule has 0 spiro atoms. The molecule has 0 bridgehead atoms. The van der Waals surface area contributed by atoms with Crippen molar-refractivity contribution in [3.63, 3.8) is 0 Å². The summed E-state index contributed by atoms with van der Waals surface area (Å²) < 4.78 is 24.8. The van der Waals surface area contributed by atoms with Crippen LogP contribution in [-0.4, -0.2) is 26.3 Å². The van der Waals surface area contributed by atoms with Crippen molar-refractivity contribution in [3.05, 3.63) is 65.0 Å². The van der Waals surface area contributed by atoms with Gasteiger partial charge in [-0.2, -0.15) is 0 Å². The number of hydrogen-bond acceptors (Lipinski definition) is 3. The normalized spacial score (nSPS) is 17.9. The highest BCUT2D eigenvalue weighted by Crippen LogP contribution is 2.43. The standard InChI is InChI=1S/C22H26FN3O2/c1-24-21(26-14-22(8-5-9-22)18-6-3-2-4-7-18)25-12-16-10-19(23)11-17-13-27-15-28-20(16)17/h2-4,6-7,10-11H,5,8-9,12-15H2,1H3,(H2,24,25,26). The maximum absolute atomic E-state index is 13.9. The van der Waals surface area contributed by atoms with E-state index in [1.807, 2.05) is 0 Å². The highest BCUT2D eigenvalue weighted by molar-refractivity contribution is 5.79. The minimum absolute atomic E-state index is 0.164. The zero-order valence-electron chi connectivity index (χ0n) is 16.1. The van der Waals surface area contributed by atoms with Crippen molar-refractivity contribution in [3.8, 4) is 5.75 Å². The van der Waals surface area contributed by atoms with Gasteiger partial charge in [-0.3, -0.25) is 4.99 Å². The van der Waals surface area contributed by atoms with E-state index in [4.69, 9.17) is 9.47 Å². The van der Waals surface area contributed by atoms with Crippen LogP contribution < -0.4 is 15.4 Å². The molecule has 0 atom stereocenters. The van der Waals surface area contributed by atoms with Crippen molar-refractivity contribution in [2.45, 2.75) is 37.8 Å². The van der Waals surface area contributed by atoms with E-state index >= 15 is 0 Å². The molecule has 2 N–H and O–H groups in total. The lowest BCUT2D eigenvalue weighted by molar-refractivity contribution is -0.0172. The molecule has 1 aliphatic heterocycles. The third-order valence-corrected chi connectivity index (χ3v) is 5.71. The van der Waals surface area contributed by atoms with E-state index in [2.05, 4.69) is 46.0 Å². The van der Waals surface area contributed by atoms with Gasteiger partial charge in [0.15, 0.2) is 12.8 Å². The van der Waals surface area contributed by atoms with Gasteiger partial charge in [0.2, 0.25) is 0 Å². The van der Waals surface area contributed by atoms with Gasteiger partial charge in [0.05, 0.1) is 6.61 Å². The number of nitrogens with zero attached hydrogens (tertiary/aromatic N) is 1. The Kier molecular flexibility index (Phi) is 5.48. The molecular weight excluding hydrogens is 357 g/mol. The summed E-state index contributed by atoms with van der Waals surface area (Å²) in [5.74, 6) is 1.12. The number of guanidine groups is 1. The van der Waals surface area contributed by atoms with E-state index in [0.29, 0.717) is 24.9 Å². The quantitative estimate of drug-likeness (QED) is 0.613. The van der Waals surface area contributed by atoms with Crippen LogP contribution in [0.25, 0.3) is 0 Å². The summed E-state index contributed by atoms with van der Waals surface area (Å²) in [5.41, 5.74) is 3.04. The minimum atomic E-state index is -0.287. The maximum Gasteiger partial charge on any atom is 0.191 e. The van der Waals surface area contributed by atoms with Gasteiger partial charge in [-0.25, -0.2) is 4.39 Å². The van der Waals surface area contributed by atoms with Crippen LogP contribution in [0.3, 0.4) is 0 Å². The predicted octanol–water partition coefficient (Wildman–Crippen LogP) is 3.48. The Bertz CT molecular complexity index is 850. The van der Waals surface area contributed by atoms with Crippen molar-refractivity contribution in [1.82, 2.24) is 10.6 Å². The zero-order chi connectivity index (χ0) is 19.4. The van der Waals surface area contributed by atoms with Gasteiger partial charge < -0.3 is 20.1 Å². The predicted molar refractivity (Wildman–Crippen MR) is 107 cm³/mol. The van der Waals surface area contributed by atoms with E-state index in [-0.39, 0.29) is 18.0 Å². The number of fused-ring (bicyclic) bond motifs is 1. The topological polar surface area (TPSA) is 54.9 Å². The first kappa shape index (κ1) is 18.7. The van der Waals surface area contributed by atoms with Crippen LogP contribution in [0.2, 0.25) is 0 Å². The van der Waals surface area contributed by atoms with Crippen molar-refractivity contribution < 1.29 is 13.9 Å². The highest BCUT2D eigenvalue weighted by atomic mass is 19.1. The molecule has 1 fully saturated rings. The smallest absolute Gasteiger partial charge is 0.191 e. The number of aliphatic imine (C=N–C) groups is 1. The molecule has 4 rings (SSSR count). The molecule has 0 saturated heterocycles. The molecule has 1 heterocycles. The van der Waals surface area contributed by atoms with E-state index in [0.717, 1.165) is 17.7 Å². The number of ether oxygens (including phenoxy) is 2. The number of hydrogen-bond donors (Lipinski definition) is 2. The average molecular weight is 383 g/mol. The van der Waals surface area contributed by atoms with Crippen LogP contribution in [0.1, 0.15) is 36.0 Å². The molecule has 0 unspecified atom stereocenters. The molecule has 6 heteroatoms. The molecule has 148 valence electrons. The fraction of sp³-hybridized carbons (Fsp3) is 0.409. The first-order valence-corrected chi connectivity index (χ1v) is 9.72. The highest BCUT2D eigenvalue weighted by Gasteiger charge is 2.38. The molecule has 1 aliphatic carbocycles. The molecular formula is C22H26FN3O2. The summed E-state index contributed by atoms with van der Waals surface area (Å²) in [4.78, 5) is 4.33. The monoisotopic (exact) mass is 383 g/mol. The molecule has 28 heavy (non-hydrogen) atoms. The van der Waals surface area contributed by atoms with Crippen LogP contribution in [-0.2, 0) is 23.3 Å². The SMILES string of the molecule is CN=C(NCc1cc(F)cc2c1OCOC2)NCC1(c2ccccc2)CCC1. The van der Waals surface area contributed by atoms with Crippen molar-refractivity contribution in [2.24, 2.45) is 4.99 Å². The fourth-order valence-corrected chi connectivity index (χ4v) is 4.00.